The lowest BCUT2D eigenvalue weighted by atomic mass is 10.0. The Hall–Kier alpha value is -3.07. The first-order chi connectivity index (χ1) is 17.9. The molecule has 4 atom stereocenters. The van der Waals surface area contributed by atoms with Crippen molar-refractivity contribution in [2.45, 2.75) is 51.5 Å². The number of hydrogen-bond acceptors (Lipinski definition) is 7. The number of carbonyl (C=O) groups excluding carboxylic acids is 1. The summed E-state index contributed by atoms with van der Waals surface area (Å²) in [6.07, 6.45) is 0.819. The van der Waals surface area contributed by atoms with Gasteiger partial charge < -0.3 is 15.3 Å². The largest absolute Gasteiger partial charge is 0.376 e. The minimum Gasteiger partial charge on any atom is -0.376 e. The Labute approximate surface area is 218 Å². The van der Waals surface area contributed by atoms with Gasteiger partial charge in [0.1, 0.15) is 17.9 Å². The summed E-state index contributed by atoms with van der Waals surface area (Å²) >= 11 is 0. The maximum Gasteiger partial charge on any atom is 0.226 e. The van der Waals surface area contributed by atoms with Gasteiger partial charge in [0.05, 0.1) is 18.1 Å². The number of aliphatic hydroxyl groups excluding tert-OH is 1. The number of hydrogen-bond donors (Lipinski definition) is 3. The SMILES string of the molecule is CC(C)[C@@H]1Nc2nc(nc3ccccc23)CN2CCN(C(=O)C3Cc4ccccc4C3)CC(C2)NC1O. The molecule has 0 radical (unpaired) electrons. The highest BCUT2D eigenvalue weighted by Crippen LogP contribution is 2.29. The van der Waals surface area contributed by atoms with Gasteiger partial charge in [-0.1, -0.05) is 50.2 Å². The number of fused-ring (bicyclic) bond motifs is 7. The topological polar surface area (TPSA) is 93.6 Å². The lowest BCUT2D eigenvalue weighted by Gasteiger charge is -2.33. The van der Waals surface area contributed by atoms with E-state index in [9.17, 15) is 9.90 Å². The summed E-state index contributed by atoms with van der Waals surface area (Å²) in [6, 6.07) is 16.1. The average Bonchev–Trinajstić information content (AvgIpc) is 3.22. The van der Waals surface area contributed by atoms with Gasteiger partial charge in [-0.05, 0) is 42.0 Å². The molecule has 37 heavy (non-hydrogen) atoms. The second kappa shape index (κ2) is 10.0. The van der Waals surface area contributed by atoms with Crippen LogP contribution in [0.3, 0.4) is 0 Å². The number of benzene rings is 2. The molecule has 6 rings (SSSR count). The Morgan fingerprint density at radius 1 is 1.00 bits per heavy atom. The molecule has 2 aromatic carbocycles. The summed E-state index contributed by atoms with van der Waals surface area (Å²) in [6.45, 7) is 7.47. The fraction of sp³-hybridized carbons (Fsp3) is 0.483. The van der Waals surface area contributed by atoms with Crippen LogP contribution in [0, 0.1) is 11.8 Å². The van der Waals surface area contributed by atoms with E-state index in [1.165, 1.54) is 11.1 Å². The lowest BCUT2D eigenvalue weighted by Crippen LogP contribution is -2.55. The number of nitrogens with zero attached hydrogens (tertiary/aromatic N) is 4. The molecule has 3 aromatic rings. The molecule has 194 valence electrons. The first-order valence-electron chi connectivity index (χ1n) is 13.5. The van der Waals surface area contributed by atoms with Crippen molar-refractivity contribution in [1.29, 1.82) is 0 Å². The maximum absolute atomic E-state index is 13.7. The number of aromatic nitrogens is 2. The summed E-state index contributed by atoms with van der Waals surface area (Å²) in [5.41, 5.74) is 3.47. The summed E-state index contributed by atoms with van der Waals surface area (Å²) in [4.78, 5) is 27.8. The maximum atomic E-state index is 13.7. The van der Waals surface area contributed by atoms with Crippen LogP contribution in [-0.2, 0) is 24.2 Å². The van der Waals surface area contributed by atoms with E-state index in [4.69, 9.17) is 9.97 Å². The standard InChI is InChI=1S/C29H36N6O2/c1-18(2)26-28(36)30-22-15-34(17-25-31-24-10-6-5-9-23(24)27(32-25)33-26)11-12-35(16-22)29(37)21-13-19-7-3-4-8-20(19)14-21/h3-10,18,21-22,26,28,30,36H,11-17H2,1-2H3,(H,31,32,33)/t22?,26-,28?/m0/s1. The highest BCUT2D eigenvalue weighted by atomic mass is 16.3. The Kier molecular flexibility index (Phi) is 6.56. The molecule has 0 saturated carbocycles. The first-order valence-corrected chi connectivity index (χ1v) is 13.5. The van der Waals surface area contributed by atoms with Gasteiger partial charge in [-0.2, -0.15) is 0 Å². The van der Waals surface area contributed by atoms with E-state index < -0.39 is 6.23 Å². The second-order valence-electron chi connectivity index (χ2n) is 11.1. The Balaban J connectivity index is 1.29. The molecule has 1 amide bonds. The minimum atomic E-state index is -0.798. The normalized spacial score (nSPS) is 26.3. The predicted octanol–water partition coefficient (Wildman–Crippen LogP) is 2.42. The van der Waals surface area contributed by atoms with Gasteiger partial charge in [0.25, 0.3) is 0 Å². The third-order valence-electron chi connectivity index (χ3n) is 8.10. The quantitative estimate of drug-likeness (QED) is 0.498. The Morgan fingerprint density at radius 2 is 1.73 bits per heavy atom. The highest BCUT2D eigenvalue weighted by Gasteiger charge is 2.35. The fourth-order valence-electron chi connectivity index (χ4n) is 6.14. The first kappa shape index (κ1) is 24.3. The van der Waals surface area contributed by atoms with Gasteiger partial charge in [-0.15, -0.1) is 0 Å². The van der Waals surface area contributed by atoms with Gasteiger partial charge in [0.15, 0.2) is 0 Å². The van der Waals surface area contributed by atoms with Crippen LogP contribution in [0.15, 0.2) is 48.5 Å². The van der Waals surface area contributed by atoms with Gasteiger partial charge in [-0.3, -0.25) is 15.0 Å². The second-order valence-corrected chi connectivity index (χ2v) is 11.1. The van der Waals surface area contributed by atoms with Crippen LogP contribution in [0.25, 0.3) is 10.9 Å². The Morgan fingerprint density at radius 3 is 2.49 bits per heavy atom. The molecule has 8 nitrogen and oxygen atoms in total. The Bertz CT molecular complexity index is 1270. The van der Waals surface area contributed by atoms with Crippen molar-refractivity contribution >= 4 is 22.6 Å². The molecule has 8 heteroatoms. The summed E-state index contributed by atoms with van der Waals surface area (Å²) < 4.78 is 0. The molecule has 2 aliphatic heterocycles. The summed E-state index contributed by atoms with van der Waals surface area (Å²) in [5.74, 6) is 1.87. The van der Waals surface area contributed by atoms with Crippen LogP contribution in [-0.4, -0.2) is 75.3 Å². The van der Waals surface area contributed by atoms with Crippen molar-refractivity contribution in [3.05, 3.63) is 65.5 Å². The van der Waals surface area contributed by atoms with Crippen molar-refractivity contribution in [3.8, 4) is 0 Å². The molecular formula is C29H36N6O2. The molecule has 1 aromatic heterocycles. The number of nitrogens with one attached hydrogen (secondary N) is 2. The molecule has 3 heterocycles. The van der Waals surface area contributed by atoms with E-state index in [0.717, 1.165) is 41.9 Å². The molecular weight excluding hydrogens is 464 g/mol. The molecule has 3 unspecified atom stereocenters. The smallest absolute Gasteiger partial charge is 0.226 e. The molecule has 3 N–H and O–H groups in total. The lowest BCUT2D eigenvalue weighted by molar-refractivity contribution is -0.135. The van der Waals surface area contributed by atoms with Crippen molar-refractivity contribution in [1.82, 2.24) is 25.1 Å². The minimum absolute atomic E-state index is 0.00938. The predicted molar refractivity (Wildman–Crippen MR) is 144 cm³/mol. The molecule has 1 fully saturated rings. The number of carbonyl (C=O) groups is 1. The molecule has 1 saturated heterocycles. The van der Waals surface area contributed by atoms with E-state index in [1.807, 2.05) is 29.2 Å². The summed E-state index contributed by atoms with van der Waals surface area (Å²) in [7, 11) is 0. The van der Waals surface area contributed by atoms with Crippen LogP contribution in [0.5, 0.6) is 0 Å². The number of aliphatic hydroxyl groups is 1. The van der Waals surface area contributed by atoms with Crippen LogP contribution >= 0.6 is 0 Å². The van der Waals surface area contributed by atoms with Crippen molar-refractivity contribution in [2.75, 3.05) is 31.5 Å². The van der Waals surface area contributed by atoms with Gasteiger partial charge >= 0.3 is 0 Å². The third kappa shape index (κ3) is 4.93. The van der Waals surface area contributed by atoms with Crippen LogP contribution in [0.1, 0.15) is 30.8 Å². The van der Waals surface area contributed by atoms with Crippen LogP contribution in [0.2, 0.25) is 0 Å². The average molecular weight is 501 g/mol. The number of anilines is 1. The van der Waals surface area contributed by atoms with E-state index in [0.29, 0.717) is 26.2 Å². The number of rotatable bonds is 2. The van der Waals surface area contributed by atoms with Crippen molar-refractivity contribution < 1.29 is 9.90 Å². The van der Waals surface area contributed by atoms with Crippen molar-refractivity contribution in [2.24, 2.45) is 11.8 Å². The highest BCUT2D eigenvalue weighted by molar-refractivity contribution is 5.89. The zero-order chi connectivity index (χ0) is 25.5. The van der Waals surface area contributed by atoms with Gasteiger partial charge in [0, 0.05) is 43.5 Å². The van der Waals surface area contributed by atoms with Gasteiger partial charge in [-0.25, -0.2) is 9.97 Å². The van der Waals surface area contributed by atoms with E-state index in [-0.39, 0.29) is 29.8 Å². The number of amides is 1. The van der Waals surface area contributed by atoms with E-state index in [2.05, 4.69) is 53.6 Å². The third-order valence-corrected chi connectivity index (χ3v) is 8.10. The van der Waals surface area contributed by atoms with Crippen molar-refractivity contribution in [3.63, 3.8) is 0 Å². The monoisotopic (exact) mass is 500 g/mol. The zero-order valence-corrected chi connectivity index (χ0v) is 21.6. The van der Waals surface area contributed by atoms with Gasteiger partial charge in [0.2, 0.25) is 5.91 Å². The summed E-state index contributed by atoms with van der Waals surface area (Å²) in [5, 5.41) is 19.3. The van der Waals surface area contributed by atoms with Crippen LogP contribution < -0.4 is 10.6 Å². The van der Waals surface area contributed by atoms with E-state index >= 15 is 0 Å². The molecule has 4 bridgehead atoms. The fourth-order valence-corrected chi connectivity index (χ4v) is 6.14. The molecule has 3 aliphatic rings. The zero-order valence-electron chi connectivity index (χ0n) is 21.6. The van der Waals surface area contributed by atoms with E-state index in [1.54, 1.807) is 0 Å². The molecule has 0 spiro atoms. The molecule has 1 aliphatic carbocycles. The van der Waals surface area contributed by atoms with Crippen LogP contribution in [0.4, 0.5) is 5.82 Å². The number of para-hydroxylation sites is 1.